The third-order valence-corrected chi connectivity index (χ3v) is 4.40. The monoisotopic (exact) mass is 288 g/mol. The lowest BCUT2D eigenvalue weighted by molar-refractivity contribution is -0.118. The number of carbonyl (C=O) groups excluding carboxylic acids is 1. The van der Waals surface area contributed by atoms with E-state index < -0.39 is 0 Å². The molecule has 1 heterocycles. The highest BCUT2D eigenvalue weighted by Gasteiger charge is 2.51. The molecule has 1 aliphatic rings. The molecule has 1 aromatic heterocycles. The molecule has 0 spiro atoms. The zero-order valence-corrected chi connectivity index (χ0v) is 12.1. The number of nitrogens with zero attached hydrogens (tertiary/aromatic N) is 1. The van der Waals surface area contributed by atoms with E-state index in [4.69, 9.17) is 0 Å². The van der Waals surface area contributed by atoms with Crippen molar-refractivity contribution in [3.05, 3.63) is 72.4 Å². The molecular weight excluding hydrogens is 272 g/mol. The Morgan fingerprint density at radius 3 is 2.55 bits per heavy atom. The Morgan fingerprint density at radius 2 is 1.77 bits per heavy atom. The summed E-state index contributed by atoms with van der Waals surface area (Å²) in [6.45, 7) is 0. The van der Waals surface area contributed by atoms with Gasteiger partial charge in [0.05, 0.1) is 16.6 Å². The standard InChI is InChI=1S/C19H16N2O/c22-18(19(11-12-19)14-6-2-1-3-7-14)21-17-10-4-9-16-15(17)8-5-13-20-16/h1-10,13H,11-12H2,(H,21,22). The van der Waals surface area contributed by atoms with Crippen molar-refractivity contribution < 1.29 is 4.79 Å². The summed E-state index contributed by atoms with van der Waals surface area (Å²) < 4.78 is 0. The van der Waals surface area contributed by atoms with E-state index in [0.717, 1.165) is 35.0 Å². The topological polar surface area (TPSA) is 42.0 Å². The molecule has 1 N–H and O–H groups in total. The second-order valence-electron chi connectivity index (χ2n) is 5.78. The van der Waals surface area contributed by atoms with Gasteiger partial charge >= 0.3 is 0 Å². The van der Waals surface area contributed by atoms with E-state index in [-0.39, 0.29) is 11.3 Å². The van der Waals surface area contributed by atoms with Gasteiger partial charge in [-0.1, -0.05) is 36.4 Å². The maximum absolute atomic E-state index is 12.8. The molecule has 0 bridgehead atoms. The van der Waals surface area contributed by atoms with Gasteiger partial charge in [-0.25, -0.2) is 0 Å². The number of hydrogen-bond donors (Lipinski definition) is 1. The van der Waals surface area contributed by atoms with Crippen LogP contribution in [0.1, 0.15) is 18.4 Å². The van der Waals surface area contributed by atoms with Gasteiger partial charge < -0.3 is 5.32 Å². The molecular formula is C19H16N2O. The van der Waals surface area contributed by atoms with Crippen LogP contribution in [0.15, 0.2) is 66.9 Å². The Hall–Kier alpha value is -2.68. The molecule has 0 radical (unpaired) electrons. The first-order chi connectivity index (χ1) is 10.8. The zero-order valence-electron chi connectivity index (χ0n) is 12.1. The quantitative estimate of drug-likeness (QED) is 0.794. The first kappa shape index (κ1) is 13.0. The molecule has 3 nitrogen and oxygen atoms in total. The molecule has 0 unspecified atom stereocenters. The summed E-state index contributed by atoms with van der Waals surface area (Å²) in [5, 5.41) is 4.08. The van der Waals surface area contributed by atoms with E-state index in [1.807, 2.05) is 60.7 Å². The van der Waals surface area contributed by atoms with E-state index in [0.29, 0.717) is 0 Å². The van der Waals surface area contributed by atoms with E-state index in [2.05, 4.69) is 10.3 Å². The third-order valence-electron chi connectivity index (χ3n) is 4.40. The number of pyridine rings is 1. The normalized spacial score (nSPS) is 15.5. The molecule has 0 atom stereocenters. The second kappa shape index (κ2) is 4.95. The van der Waals surface area contributed by atoms with Crippen molar-refractivity contribution in [2.75, 3.05) is 5.32 Å². The summed E-state index contributed by atoms with van der Waals surface area (Å²) in [6.07, 6.45) is 3.58. The second-order valence-corrected chi connectivity index (χ2v) is 5.78. The number of nitrogens with one attached hydrogen (secondary N) is 1. The summed E-state index contributed by atoms with van der Waals surface area (Å²) in [5.74, 6) is 0.0788. The molecule has 3 heteroatoms. The highest BCUT2D eigenvalue weighted by atomic mass is 16.2. The lowest BCUT2D eigenvalue weighted by atomic mass is 9.95. The number of benzene rings is 2. The van der Waals surface area contributed by atoms with Gasteiger partial charge in [0.2, 0.25) is 5.91 Å². The molecule has 4 rings (SSSR count). The Labute approximate surface area is 129 Å². The van der Waals surface area contributed by atoms with Gasteiger partial charge in [0.1, 0.15) is 0 Å². The Morgan fingerprint density at radius 1 is 0.955 bits per heavy atom. The van der Waals surface area contributed by atoms with Crippen LogP contribution in [-0.4, -0.2) is 10.9 Å². The minimum Gasteiger partial charge on any atom is -0.325 e. The van der Waals surface area contributed by atoms with Gasteiger partial charge in [0, 0.05) is 11.6 Å². The van der Waals surface area contributed by atoms with Crippen molar-refractivity contribution in [3.8, 4) is 0 Å². The van der Waals surface area contributed by atoms with Gasteiger partial charge in [0.25, 0.3) is 0 Å². The summed E-state index contributed by atoms with van der Waals surface area (Å²) in [7, 11) is 0. The molecule has 0 saturated heterocycles. The van der Waals surface area contributed by atoms with Crippen LogP contribution in [0, 0.1) is 0 Å². The lowest BCUT2D eigenvalue weighted by Crippen LogP contribution is -2.27. The van der Waals surface area contributed by atoms with Gasteiger partial charge in [-0.3, -0.25) is 9.78 Å². The maximum atomic E-state index is 12.8. The van der Waals surface area contributed by atoms with Crippen molar-refractivity contribution in [3.63, 3.8) is 0 Å². The summed E-state index contributed by atoms with van der Waals surface area (Å²) in [4.78, 5) is 17.1. The fraction of sp³-hybridized carbons (Fsp3) is 0.158. The van der Waals surface area contributed by atoms with Gasteiger partial charge in [-0.15, -0.1) is 0 Å². The molecule has 2 aromatic carbocycles. The molecule has 3 aromatic rings. The number of anilines is 1. The highest BCUT2D eigenvalue weighted by molar-refractivity contribution is 6.06. The van der Waals surface area contributed by atoms with Crippen molar-refractivity contribution in [1.29, 1.82) is 0 Å². The van der Waals surface area contributed by atoms with Crippen LogP contribution in [0.5, 0.6) is 0 Å². The van der Waals surface area contributed by atoms with Crippen molar-refractivity contribution in [2.45, 2.75) is 18.3 Å². The number of aromatic nitrogens is 1. The average Bonchev–Trinajstić information content (AvgIpc) is 3.38. The van der Waals surface area contributed by atoms with Crippen LogP contribution in [0.2, 0.25) is 0 Å². The van der Waals surface area contributed by atoms with Gasteiger partial charge in [0.15, 0.2) is 0 Å². The zero-order chi connectivity index (χ0) is 15.0. The van der Waals surface area contributed by atoms with E-state index in [9.17, 15) is 4.79 Å². The predicted molar refractivity (Wildman–Crippen MR) is 87.7 cm³/mol. The Kier molecular flexibility index (Phi) is 2.93. The van der Waals surface area contributed by atoms with Crippen molar-refractivity contribution in [1.82, 2.24) is 4.98 Å². The van der Waals surface area contributed by atoms with Crippen LogP contribution < -0.4 is 5.32 Å². The van der Waals surface area contributed by atoms with Crippen molar-refractivity contribution >= 4 is 22.5 Å². The predicted octanol–water partition coefficient (Wildman–Crippen LogP) is 3.91. The molecule has 1 fully saturated rings. The fourth-order valence-corrected chi connectivity index (χ4v) is 2.98. The first-order valence-electron chi connectivity index (χ1n) is 7.50. The number of carbonyl (C=O) groups is 1. The maximum Gasteiger partial charge on any atom is 0.235 e. The van der Waals surface area contributed by atoms with E-state index in [1.165, 1.54) is 0 Å². The van der Waals surface area contributed by atoms with Gasteiger partial charge in [-0.2, -0.15) is 0 Å². The average molecular weight is 288 g/mol. The Balaban J connectivity index is 1.67. The number of rotatable bonds is 3. The van der Waals surface area contributed by atoms with Crippen molar-refractivity contribution in [2.24, 2.45) is 0 Å². The lowest BCUT2D eigenvalue weighted by Gasteiger charge is -2.16. The van der Waals surface area contributed by atoms with E-state index >= 15 is 0 Å². The number of hydrogen-bond acceptors (Lipinski definition) is 2. The molecule has 0 aliphatic heterocycles. The summed E-state index contributed by atoms with van der Waals surface area (Å²) >= 11 is 0. The van der Waals surface area contributed by atoms with Crippen LogP contribution in [0.25, 0.3) is 10.9 Å². The minimum atomic E-state index is -0.356. The SMILES string of the molecule is O=C(Nc1cccc2ncccc12)C1(c2ccccc2)CC1. The molecule has 108 valence electrons. The van der Waals surface area contributed by atoms with Crippen LogP contribution >= 0.6 is 0 Å². The smallest absolute Gasteiger partial charge is 0.235 e. The molecule has 1 aliphatic carbocycles. The summed E-state index contributed by atoms with van der Waals surface area (Å²) in [5.41, 5.74) is 2.47. The summed E-state index contributed by atoms with van der Waals surface area (Å²) in [6, 6.07) is 19.7. The molecule has 1 amide bonds. The Bertz CT molecular complexity index is 833. The number of amides is 1. The third kappa shape index (κ3) is 2.06. The largest absolute Gasteiger partial charge is 0.325 e. The minimum absolute atomic E-state index is 0.0788. The van der Waals surface area contributed by atoms with Crippen LogP contribution in [0.3, 0.4) is 0 Å². The van der Waals surface area contributed by atoms with Crippen LogP contribution in [0.4, 0.5) is 5.69 Å². The molecule has 1 saturated carbocycles. The highest BCUT2D eigenvalue weighted by Crippen LogP contribution is 2.49. The fourth-order valence-electron chi connectivity index (χ4n) is 2.98. The molecule has 22 heavy (non-hydrogen) atoms. The van der Waals surface area contributed by atoms with E-state index in [1.54, 1.807) is 6.20 Å². The van der Waals surface area contributed by atoms with Gasteiger partial charge in [-0.05, 0) is 42.7 Å². The number of fused-ring (bicyclic) bond motifs is 1. The first-order valence-corrected chi connectivity index (χ1v) is 7.50. The van der Waals surface area contributed by atoms with Crippen LogP contribution in [-0.2, 0) is 10.2 Å².